The Morgan fingerprint density at radius 3 is 2.59 bits per heavy atom. The Labute approximate surface area is 185 Å². The number of rotatable bonds is 7. The summed E-state index contributed by atoms with van der Waals surface area (Å²) in [4.78, 5) is 23.9. The molecule has 0 aromatic carbocycles. The molecule has 0 saturated carbocycles. The zero-order chi connectivity index (χ0) is 19.1. The minimum absolute atomic E-state index is 0. The van der Waals surface area contributed by atoms with Crippen molar-refractivity contribution in [2.24, 2.45) is 4.99 Å². The standard InChI is InChI=1S/C18H26N4O2S2.HI/c1-6-13-8-9-14(25-13)10-20-18(19-5)22-12(4)16-21-11(3)15(26-16)17(23)24-7-2;/h8-9,12H,6-7,10H2,1-5H3,(H2,19,20,22);1H. The van der Waals surface area contributed by atoms with Crippen molar-refractivity contribution in [1.82, 2.24) is 15.6 Å². The van der Waals surface area contributed by atoms with Crippen LogP contribution in [0, 0.1) is 6.92 Å². The average Bonchev–Trinajstić information content (AvgIpc) is 3.25. The van der Waals surface area contributed by atoms with Gasteiger partial charge in [0.25, 0.3) is 0 Å². The number of carbonyl (C=O) groups excluding carboxylic acids is 1. The lowest BCUT2D eigenvalue weighted by molar-refractivity contribution is 0.0531. The Bertz CT molecular complexity index is 773. The maximum Gasteiger partial charge on any atom is 0.350 e. The molecule has 0 saturated heterocycles. The van der Waals surface area contributed by atoms with Crippen molar-refractivity contribution in [2.45, 2.75) is 46.7 Å². The lowest BCUT2D eigenvalue weighted by atomic mass is 10.3. The summed E-state index contributed by atoms with van der Waals surface area (Å²) in [5.74, 6) is 0.391. The van der Waals surface area contributed by atoms with Gasteiger partial charge in [0.1, 0.15) is 9.88 Å². The molecule has 6 nitrogen and oxygen atoms in total. The molecular formula is C18H27IN4O2S2. The number of esters is 1. The second-order valence-corrected chi connectivity index (χ2v) is 7.98. The smallest absolute Gasteiger partial charge is 0.350 e. The minimum atomic E-state index is -0.312. The van der Waals surface area contributed by atoms with Gasteiger partial charge in [0.2, 0.25) is 0 Å². The summed E-state index contributed by atoms with van der Waals surface area (Å²) in [6.07, 6.45) is 1.06. The number of nitrogens with zero attached hydrogens (tertiary/aromatic N) is 2. The molecular weight excluding hydrogens is 495 g/mol. The Morgan fingerprint density at radius 2 is 2.00 bits per heavy atom. The Kier molecular flexibility index (Phi) is 10.2. The number of halogens is 1. The third kappa shape index (κ3) is 6.72. The molecule has 1 atom stereocenters. The predicted molar refractivity (Wildman–Crippen MR) is 124 cm³/mol. The number of nitrogens with one attached hydrogen (secondary N) is 2. The van der Waals surface area contributed by atoms with E-state index in [0.717, 1.165) is 18.0 Å². The number of guanidine groups is 1. The van der Waals surface area contributed by atoms with Crippen molar-refractivity contribution >= 4 is 58.6 Å². The highest BCUT2D eigenvalue weighted by Crippen LogP contribution is 2.24. The fourth-order valence-electron chi connectivity index (χ4n) is 2.33. The van der Waals surface area contributed by atoms with Gasteiger partial charge in [-0.1, -0.05) is 6.92 Å². The van der Waals surface area contributed by atoms with Gasteiger partial charge in [0.05, 0.1) is 24.9 Å². The molecule has 2 aromatic rings. The van der Waals surface area contributed by atoms with Crippen molar-refractivity contribution < 1.29 is 9.53 Å². The molecule has 2 rings (SSSR count). The first kappa shape index (κ1) is 23.8. The van der Waals surface area contributed by atoms with E-state index in [2.05, 4.69) is 39.7 Å². The molecule has 9 heteroatoms. The van der Waals surface area contributed by atoms with E-state index in [1.807, 2.05) is 13.8 Å². The number of thiophene rings is 1. The van der Waals surface area contributed by atoms with Crippen LogP contribution in [0.25, 0.3) is 0 Å². The van der Waals surface area contributed by atoms with Gasteiger partial charge in [-0.25, -0.2) is 9.78 Å². The van der Waals surface area contributed by atoms with Gasteiger partial charge < -0.3 is 15.4 Å². The molecule has 27 heavy (non-hydrogen) atoms. The Hall–Kier alpha value is -1.20. The van der Waals surface area contributed by atoms with Crippen LogP contribution >= 0.6 is 46.7 Å². The summed E-state index contributed by atoms with van der Waals surface area (Å²) >= 11 is 3.17. The molecule has 2 aromatic heterocycles. The van der Waals surface area contributed by atoms with Crippen LogP contribution < -0.4 is 10.6 Å². The minimum Gasteiger partial charge on any atom is -0.462 e. The van der Waals surface area contributed by atoms with Gasteiger partial charge >= 0.3 is 5.97 Å². The van der Waals surface area contributed by atoms with Crippen LogP contribution in [0.5, 0.6) is 0 Å². The fourth-order valence-corrected chi connectivity index (χ4v) is 4.19. The van der Waals surface area contributed by atoms with Crippen LogP contribution in [-0.2, 0) is 17.7 Å². The van der Waals surface area contributed by atoms with Crippen LogP contribution in [0.3, 0.4) is 0 Å². The van der Waals surface area contributed by atoms with Crippen molar-refractivity contribution in [2.75, 3.05) is 13.7 Å². The average molecular weight is 522 g/mol. The zero-order valence-electron chi connectivity index (χ0n) is 16.3. The molecule has 2 heterocycles. The van der Waals surface area contributed by atoms with E-state index in [4.69, 9.17) is 4.74 Å². The second-order valence-electron chi connectivity index (χ2n) is 5.70. The Morgan fingerprint density at radius 1 is 1.30 bits per heavy atom. The van der Waals surface area contributed by atoms with Crippen molar-refractivity contribution in [3.05, 3.63) is 37.5 Å². The molecule has 150 valence electrons. The molecule has 0 aliphatic rings. The van der Waals surface area contributed by atoms with Crippen LogP contribution in [-0.4, -0.2) is 30.6 Å². The van der Waals surface area contributed by atoms with E-state index in [-0.39, 0.29) is 36.0 Å². The number of aromatic nitrogens is 1. The highest BCUT2D eigenvalue weighted by molar-refractivity contribution is 14.0. The van der Waals surface area contributed by atoms with E-state index < -0.39 is 0 Å². The number of aryl methyl sites for hydroxylation is 2. The topological polar surface area (TPSA) is 75.6 Å². The van der Waals surface area contributed by atoms with Gasteiger partial charge in [0, 0.05) is 16.8 Å². The van der Waals surface area contributed by atoms with Gasteiger partial charge in [-0.15, -0.1) is 46.7 Å². The summed E-state index contributed by atoms with van der Waals surface area (Å²) in [6, 6.07) is 4.24. The first-order valence-electron chi connectivity index (χ1n) is 8.67. The van der Waals surface area contributed by atoms with Crippen LogP contribution in [0.15, 0.2) is 17.1 Å². The van der Waals surface area contributed by atoms with E-state index in [1.54, 1.807) is 25.3 Å². The summed E-state index contributed by atoms with van der Waals surface area (Å²) in [5, 5.41) is 7.48. The lowest BCUT2D eigenvalue weighted by Crippen LogP contribution is -2.38. The zero-order valence-corrected chi connectivity index (χ0v) is 20.3. The summed E-state index contributed by atoms with van der Waals surface area (Å²) in [5.41, 5.74) is 0.700. The maximum absolute atomic E-state index is 12.0. The van der Waals surface area contributed by atoms with E-state index >= 15 is 0 Å². The summed E-state index contributed by atoms with van der Waals surface area (Å²) in [6.45, 7) is 8.87. The maximum atomic E-state index is 12.0. The van der Waals surface area contributed by atoms with E-state index in [1.165, 1.54) is 21.1 Å². The molecule has 1 unspecified atom stereocenters. The molecule has 2 N–H and O–H groups in total. The quantitative estimate of drug-likeness (QED) is 0.246. The third-order valence-electron chi connectivity index (χ3n) is 3.72. The van der Waals surface area contributed by atoms with Crippen LogP contribution in [0.4, 0.5) is 0 Å². The van der Waals surface area contributed by atoms with Crippen molar-refractivity contribution in [3.63, 3.8) is 0 Å². The molecule has 0 fully saturated rings. The van der Waals surface area contributed by atoms with Crippen molar-refractivity contribution in [1.29, 1.82) is 0 Å². The van der Waals surface area contributed by atoms with Gasteiger partial charge in [0.15, 0.2) is 5.96 Å². The first-order chi connectivity index (χ1) is 12.5. The number of hydrogen-bond donors (Lipinski definition) is 2. The molecule has 0 bridgehead atoms. The highest BCUT2D eigenvalue weighted by atomic mass is 127. The first-order valence-corrected chi connectivity index (χ1v) is 10.3. The lowest BCUT2D eigenvalue weighted by Gasteiger charge is -2.15. The number of carbonyl (C=O) groups is 1. The molecule has 0 amide bonds. The van der Waals surface area contributed by atoms with Gasteiger partial charge in [-0.05, 0) is 39.3 Å². The highest BCUT2D eigenvalue weighted by Gasteiger charge is 2.20. The number of thiazole rings is 1. The normalized spacial score (nSPS) is 12.3. The van der Waals surface area contributed by atoms with Crippen LogP contribution in [0.2, 0.25) is 0 Å². The monoisotopic (exact) mass is 522 g/mol. The second kappa shape index (κ2) is 11.6. The van der Waals surface area contributed by atoms with Crippen LogP contribution in [0.1, 0.15) is 56.9 Å². The summed E-state index contributed by atoms with van der Waals surface area (Å²) in [7, 11) is 1.74. The number of hydrogen-bond acceptors (Lipinski definition) is 6. The van der Waals surface area contributed by atoms with Gasteiger partial charge in [-0.2, -0.15) is 0 Å². The molecule has 0 aliphatic carbocycles. The van der Waals surface area contributed by atoms with Crippen molar-refractivity contribution in [3.8, 4) is 0 Å². The SMILES string of the molecule is CCOC(=O)c1sc(C(C)NC(=NC)NCc2ccc(CC)s2)nc1C.I. The van der Waals surface area contributed by atoms with E-state index in [9.17, 15) is 4.79 Å². The number of aliphatic imine (C=N–C) groups is 1. The molecule has 0 aliphatic heterocycles. The largest absolute Gasteiger partial charge is 0.462 e. The third-order valence-corrected chi connectivity index (χ3v) is 6.27. The van der Waals surface area contributed by atoms with E-state index in [0.29, 0.717) is 23.1 Å². The van der Waals surface area contributed by atoms with Gasteiger partial charge in [-0.3, -0.25) is 4.99 Å². The summed E-state index contributed by atoms with van der Waals surface area (Å²) < 4.78 is 5.08. The predicted octanol–water partition coefficient (Wildman–Crippen LogP) is 4.30. The number of ether oxygens (including phenoxy) is 1. The molecule has 0 spiro atoms. The fraction of sp³-hybridized carbons (Fsp3) is 0.500. The Balaban J connectivity index is 0.00000364. The molecule has 0 radical (unpaired) electrons.